The second-order valence-corrected chi connectivity index (χ2v) is 6.92. The number of nitrogens with one attached hydrogen (secondary N) is 2. The predicted octanol–water partition coefficient (Wildman–Crippen LogP) is 4.57. The third-order valence-electron chi connectivity index (χ3n) is 4.34. The number of anilines is 1. The van der Waals surface area contributed by atoms with Crippen LogP contribution in [0, 0.1) is 17.0 Å². The van der Waals surface area contributed by atoms with E-state index in [1.54, 1.807) is 36.4 Å². The van der Waals surface area contributed by atoms with Crippen LogP contribution in [0.4, 0.5) is 11.4 Å². The molecule has 9 heteroatoms. The molecule has 0 unspecified atom stereocenters. The molecule has 0 saturated heterocycles. The van der Waals surface area contributed by atoms with E-state index in [9.17, 15) is 19.7 Å². The first-order valence-corrected chi connectivity index (χ1v) is 9.47. The zero-order valence-corrected chi connectivity index (χ0v) is 17.1. The lowest BCUT2D eigenvalue weighted by Crippen LogP contribution is -2.18. The number of amides is 2. The predicted molar refractivity (Wildman–Crippen MR) is 119 cm³/mol. The van der Waals surface area contributed by atoms with E-state index < -0.39 is 10.8 Å². The van der Waals surface area contributed by atoms with Gasteiger partial charge in [0.05, 0.1) is 11.1 Å². The van der Waals surface area contributed by atoms with Gasteiger partial charge in [-0.3, -0.25) is 19.7 Å². The number of benzene rings is 3. The third-order valence-corrected chi connectivity index (χ3v) is 4.66. The Kier molecular flexibility index (Phi) is 6.74. The maximum atomic E-state index is 12.4. The molecule has 0 aliphatic carbocycles. The molecule has 0 radical (unpaired) electrons. The van der Waals surface area contributed by atoms with Gasteiger partial charge in [0.1, 0.15) is 5.02 Å². The number of nitro groups is 1. The van der Waals surface area contributed by atoms with Gasteiger partial charge in [-0.2, -0.15) is 5.10 Å². The van der Waals surface area contributed by atoms with Crippen LogP contribution in [0.3, 0.4) is 0 Å². The van der Waals surface area contributed by atoms with Crippen LogP contribution in [0.15, 0.2) is 71.8 Å². The quantitative estimate of drug-likeness (QED) is 0.334. The highest BCUT2D eigenvalue weighted by atomic mass is 35.5. The van der Waals surface area contributed by atoms with Crippen molar-refractivity contribution >= 4 is 41.0 Å². The average molecular weight is 437 g/mol. The van der Waals surface area contributed by atoms with Crippen LogP contribution in [0.2, 0.25) is 5.02 Å². The Hall–Kier alpha value is -4.04. The largest absolute Gasteiger partial charge is 0.322 e. The zero-order valence-electron chi connectivity index (χ0n) is 16.3. The van der Waals surface area contributed by atoms with E-state index in [4.69, 9.17) is 11.6 Å². The zero-order chi connectivity index (χ0) is 22.4. The van der Waals surface area contributed by atoms with Crippen LogP contribution in [0.1, 0.15) is 31.8 Å². The van der Waals surface area contributed by atoms with Gasteiger partial charge in [-0.05, 0) is 48.9 Å². The highest BCUT2D eigenvalue weighted by Crippen LogP contribution is 2.24. The lowest BCUT2D eigenvalue weighted by Gasteiger charge is -2.08. The SMILES string of the molecule is Cc1ccccc1C(=O)Nc1ccc(C(=O)N/N=C/c2ccc(Cl)c([N+](=O)[O-])c2)cc1. The number of carbonyl (C=O) groups excluding carboxylic acids is 2. The van der Waals surface area contributed by atoms with Crippen LogP contribution in [0.25, 0.3) is 0 Å². The molecule has 31 heavy (non-hydrogen) atoms. The summed E-state index contributed by atoms with van der Waals surface area (Å²) in [5.74, 6) is -0.714. The number of carbonyl (C=O) groups is 2. The number of nitro benzene ring substituents is 1. The molecule has 3 rings (SSSR count). The van der Waals surface area contributed by atoms with E-state index in [0.29, 0.717) is 22.4 Å². The van der Waals surface area contributed by atoms with Gasteiger partial charge >= 0.3 is 0 Å². The molecule has 0 spiro atoms. The summed E-state index contributed by atoms with van der Waals surface area (Å²) in [6.45, 7) is 1.85. The molecular formula is C22H17ClN4O4. The van der Waals surface area contributed by atoms with Gasteiger partial charge in [-0.25, -0.2) is 5.43 Å². The molecule has 8 nitrogen and oxygen atoms in total. The average Bonchev–Trinajstić information content (AvgIpc) is 2.75. The Morgan fingerprint density at radius 2 is 1.74 bits per heavy atom. The standard InChI is InChI=1S/C22H17ClN4O4/c1-14-4-2-3-5-18(14)22(29)25-17-9-7-16(8-10-17)21(28)26-24-13-15-6-11-19(23)20(12-15)27(30)31/h2-13H,1H3,(H,25,29)(H,26,28)/b24-13+. The maximum Gasteiger partial charge on any atom is 0.288 e. The molecule has 3 aromatic rings. The fraction of sp³-hybridized carbons (Fsp3) is 0.0455. The lowest BCUT2D eigenvalue weighted by atomic mass is 10.1. The van der Waals surface area contributed by atoms with Crippen molar-refractivity contribution in [2.45, 2.75) is 6.92 Å². The molecule has 2 N–H and O–H groups in total. The van der Waals surface area contributed by atoms with E-state index >= 15 is 0 Å². The van der Waals surface area contributed by atoms with Crippen LogP contribution in [0.5, 0.6) is 0 Å². The lowest BCUT2D eigenvalue weighted by molar-refractivity contribution is -0.384. The monoisotopic (exact) mass is 436 g/mol. The Bertz CT molecular complexity index is 1180. The first-order chi connectivity index (χ1) is 14.8. The molecule has 0 aromatic heterocycles. The summed E-state index contributed by atoms with van der Waals surface area (Å²) < 4.78 is 0. The van der Waals surface area contributed by atoms with Crippen molar-refractivity contribution in [3.05, 3.63) is 104 Å². The Balaban J connectivity index is 1.61. The minimum Gasteiger partial charge on any atom is -0.322 e. The van der Waals surface area contributed by atoms with Crippen molar-refractivity contribution in [2.24, 2.45) is 5.10 Å². The first kappa shape index (κ1) is 21.7. The number of aryl methyl sites for hydroxylation is 1. The van der Waals surface area contributed by atoms with Gasteiger partial charge in [0.15, 0.2) is 0 Å². The fourth-order valence-corrected chi connectivity index (χ4v) is 2.90. The van der Waals surface area contributed by atoms with Gasteiger partial charge in [-0.15, -0.1) is 0 Å². The molecule has 0 atom stereocenters. The molecule has 0 bridgehead atoms. The number of hydrogen-bond acceptors (Lipinski definition) is 5. The number of nitrogens with zero attached hydrogens (tertiary/aromatic N) is 2. The number of rotatable bonds is 6. The number of hydrazone groups is 1. The van der Waals surface area contributed by atoms with Crippen molar-refractivity contribution in [1.29, 1.82) is 0 Å². The maximum absolute atomic E-state index is 12.4. The van der Waals surface area contributed by atoms with E-state index in [-0.39, 0.29) is 16.6 Å². The molecule has 0 fully saturated rings. The highest BCUT2D eigenvalue weighted by molar-refractivity contribution is 6.32. The molecule has 0 aliphatic heterocycles. The second kappa shape index (κ2) is 9.64. The molecule has 2 amide bonds. The van der Waals surface area contributed by atoms with E-state index in [2.05, 4.69) is 15.8 Å². The summed E-state index contributed by atoms with van der Waals surface area (Å²) in [6.07, 6.45) is 1.28. The molecule has 0 heterocycles. The number of halogens is 1. The van der Waals surface area contributed by atoms with Gasteiger partial charge in [0.25, 0.3) is 17.5 Å². The molecule has 0 aliphatic rings. The summed E-state index contributed by atoms with van der Waals surface area (Å²) in [6, 6.07) is 17.7. The highest BCUT2D eigenvalue weighted by Gasteiger charge is 2.12. The molecule has 3 aromatic carbocycles. The summed E-state index contributed by atoms with van der Waals surface area (Å²) in [5, 5.41) is 17.5. The third kappa shape index (κ3) is 5.52. The Morgan fingerprint density at radius 1 is 1.03 bits per heavy atom. The summed E-state index contributed by atoms with van der Waals surface area (Å²) in [5.41, 5.74) is 4.80. The Morgan fingerprint density at radius 3 is 2.42 bits per heavy atom. The second-order valence-electron chi connectivity index (χ2n) is 6.51. The van der Waals surface area contributed by atoms with Crippen molar-refractivity contribution in [3.63, 3.8) is 0 Å². The van der Waals surface area contributed by atoms with Crippen LogP contribution >= 0.6 is 11.6 Å². The molecule has 0 saturated carbocycles. The molecular weight excluding hydrogens is 420 g/mol. The number of hydrogen-bond donors (Lipinski definition) is 2. The fourth-order valence-electron chi connectivity index (χ4n) is 2.71. The van der Waals surface area contributed by atoms with Crippen molar-refractivity contribution in [2.75, 3.05) is 5.32 Å². The minimum absolute atomic E-state index is 0.0146. The van der Waals surface area contributed by atoms with Crippen molar-refractivity contribution in [1.82, 2.24) is 5.43 Å². The first-order valence-electron chi connectivity index (χ1n) is 9.09. The van der Waals surface area contributed by atoms with Gasteiger partial charge in [0, 0.05) is 28.4 Å². The van der Waals surface area contributed by atoms with Crippen LogP contribution in [-0.2, 0) is 0 Å². The Labute approximate surface area is 182 Å². The van der Waals surface area contributed by atoms with Gasteiger partial charge in [0.2, 0.25) is 0 Å². The summed E-state index contributed by atoms with van der Waals surface area (Å²) in [7, 11) is 0. The topological polar surface area (TPSA) is 114 Å². The van der Waals surface area contributed by atoms with Crippen LogP contribution < -0.4 is 10.7 Å². The summed E-state index contributed by atoms with van der Waals surface area (Å²) >= 11 is 5.76. The van der Waals surface area contributed by atoms with Crippen molar-refractivity contribution < 1.29 is 14.5 Å². The van der Waals surface area contributed by atoms with E-state index in [1.807, 2.05) is 19.1 Å². The molecule has 156 valence electrons. The normalized spacial score (nSPS) is 10.6. The van der Waals surface area contributed by atoms with Gasteiger partial charge < -0.3 is 5.32 Å². The van der Waals surface area contributed by atoms with E-state index in [0.717, 1.165) is 5.56 Å². The van der Waals surface area contributed by atoms with Gasteiger partial charge in [-0.1, -0.05) is 35.9 Å². The minimum atomic E-state index is -0.600. The summed E-state index contributed by atoms with van der Waals surface area (Å²) in [4.78, 5) is 34.9. The van der Waals surface area contributed by atoms with Crippen molar-refractivity contribution in [3.8, 4) is 0 Å². The smallest absolute Gasteiger partial charge is 0.288 e. The van der Waals surface area contributed by atoms with Crippen LogP contribution in [-0.4, -0.2) is 23.0 Å². The van der Waals surface area contributed by atoms with E-state index in [1.165, 1.54) is 24.4 Å².